The Balaban J connectivity index is 2.46. The number of aryl methyl sites for hydroxylation is 1. The van der Waals surface area contributed by atoms with Gasteiger partial charge in [-0.1, -0.05) is 37.3 Å². The second kappa shape index (κ2) is 7.81. The van der Waals surface area contributed by atoms with Crippen LogP contribution in [0.2, 0.25) is 0 Å². The summed E-state index contributed by atoms with van der Waals surface area (Å²) < 4.78 is 0. The second-order valence-corrected chi connectivity index (χ2v) is 3.79. The van der Waals surface area contributed by atoms with Crippen LogP contribution in [0.15, 0.2) is 42.0 Å². The number of hydrazone groups is 1. The molecule has 0 atom stereocenters. The second-order valence-electron chi connectivity index (χ2n) is 3.79. The lowest BCUT2D eigenvalue weighted by Gasteiger charge is -2.00. The lowest BCUT2D eigenvalue weighted by atomic mass is 10.1. The summed E-state index contributed by atoms with van der Waals surface area (Å²) in [4.78, 5) is 22.5. The summed E-state index contributed by atoms with van der Waals surface area (Å²) in [6.07, 6.45) is 3.94. The van der Waals surface area contributed by atoms with Gasteiger partial charge in [0.25, 0.3) is 0 Å². The third kappa shape index (κ3) is 5.16. The normalized spacial score (nSPS) is 10.2. The third-order valence-corrected chi connectivity index (χ3v) is 2.38. The van der Waals surface area contributed by atoms with Gasteiger partial charge >= 0.3 is 11.8 Å². The minimum atomic E-state index is -0.803. The zero-order chi connectivity index (χ0) is 14.1. The van der Waals surface area contributed by atoms with Gasteiger partial charge in [-0.15, -0.1) is 6.58 Å². The molecule has 0 aliphatic heterocycles. The molecule has 5 nitrogen and oxygen atoms in total. The molecule has 0 aromatic heterocycles. The van der Waals surface area contributed by atoms with E-state index in [9.17, 15) is 9.59 Å². The summed E-state index contributed by atoms with van der Waals surface area (Å²) in [5.41, 5.74) is 4.23. The first-order chi connectivity index (χ1) is 9.17. The zero-order valence-electron chi connectivity index (χ0n) is 10.8. The first-order valence-electron chi connectivity index (χ1n) is 5.98. The fourth-order valence-corrected chi connectivity index (χ4v) is 1.30. The lowest BCUT2D eigenvalue weighted by Crippen LogP contribution is -2.37. The fraction of sp³-hybridized carbons (Fsp3) is 0.214. The molecule has 0 heterocycles. The van der Waals surface area contributed by atoms with Crippen molar-refractivity contribution >= 4 is 18.0 Å². The predicted octanol–water partition coefficient (Wildman–Crippen LogP) is 1.00. The average Bonchev–Trinajstić information content (AvgIpc) is 2.45. The number of rotatable bonds is 5. The van der Waals surface area contributed by atoms with Crippen molar-refractivity contribution in [3.8, 4) is 0 Å². The number of benzene rings is 1. The number of carbonyl (C=O) groups is 2. The third-order valence-electron chi connectivity index (χ3n) is 2.38. The van der Waals surface area contributed by atoms with Crippen molar-refractivity contribution in [2.24, 2.45) is 5.10 Å². The maximum atomic E-state index is 11.3. The van der Waals surface area contributed by atoms with Crippen molar-refractivity contribution in [1.82, 2.24) is 10.7 Å². The highest BCUT2D eigenvalue weighted by atomic mass is 16.2. The van der Waals surface area contributed by atoms with Crippen LogP contribution in [-0.2, 0) is 16.0 Å². The van der Waals surface area contributed by atoms with E-state index in [0.29, 0.717) is 0 Å². The molecule has 0 saturated heterocycles. The van der Waals surface area contributed by atoms with Gasteiger partial charge in [0, 0.05) is 6.54 Å². The highest BCUT2D eigenvalue weighted by Crippen LogP contribution is 2.02. The van der Waals surface area contributed by atoms with E-state index in [4.69, 9.17) is 0 Å². The molecule has 0 spiro atoms. The Morgan fingerprint density at radius 1 is 1.26 bits per heavy atom. The molecule has 0 unspecified atom stereocenters. The Morgan fingerprint density at radius 3 is 2.53 bits per heavy atom. The van der Waals surface area contributed by atoms with Crippen molar-refractivity contribution < 1.29 is 9.59 Å². The number of hydrogen-bond donors (Lipinski definition) is 2. The van der Waals surface area contributed by atoms with Crippen LogP contribution in [0.1, 0.15) is 18.1 Å². The molecular weight excluding hydrogens is 242 g/mol. The van der Waals surface area contributed by atoms with Crippen LogP contribution in [0.3, 0.4) is 0 Å². The smallest absolute Gasteiger partial charge is 0.329 e. The van der Waals surface area contributed by atoms with Crippen molar-refractivity contribution in [1.29, 1.82) is 0 Å². The molecule has 1 aromatic rings. The maximum Gasteiger partial charge on any atom is 0.329 e. The van der Waals surface area contributed by atoms with E-state index in [1.54, 1.807) is 0 Å². The summed E-state index contributed by atoms with van der Waals surface area (Å²) in [5.74, 6) is -1.54. The Bertz CT molecular complexity index is 478. The Morgan fingerprint density at radius 2 is 1.95 bits per heavy atom. The van der Waals surface area contributed by atoms with E-state index in [1.807, 2.05) is 24.3 Å². The molecule has 0 saturated carbocycles. The molecule has 19 heavy (non-hydrogen) atoms. The highest BCUT2D eigenvalue weighted by Gasteiger charge is 2.10. The summed E-state index contributed by atoms with van der Waals surface area (Å²) in [5, 5.41) is 6.07. The van der Waals surface area contributed by atoms with Crippen LogP contribution >= 0.6 is 0 Å². The van der Waals surface area contributed by atoms with E-state index in [2.05, 4.69) is 29.3 Å². The molecular formula is C14H17N3O2. The number of hydrogen-bond acceptors (Lipinski definition) is 3. The highest BCUT2D eigenvalue weighted by molar-refractivity contribution is 6.35. The Labute approximate surface area is 112 Å². The monoisotopic (exact) mass is 259 g/mol. The number of nitrogens with one attached hydrogen (secondary N) is 2. The van der Waals surface area contributed by atoms with E-state index < -0.39 is 11.8 Å². The standard InChI is InChI=1S/C14H17N3O2/c1-3-9-15-13(18)14(19)17-16-10-12-7-5-11(4-2)6-8-12/h3,5-8,10H,1,4,9H2,2H3,(H,15,18)(H,17,19)/b16-10-. The van der Waals surface area contributed by atoms with Gasteiger partial charge < -0.3 is 5.32 Å². The minimum Gasteiger partial charge on any atom is -0.344 e. The predicted molar refractivity (Wildman–Crippen MR) is 74.8 cm³/mol. The Hall–Kier alpha value is -2.43. The molecule has 100 valence electrons. The van der Waals surface area contributed by atoms with Crippen LogP contribution in [0, 0.1) is 0 Å². The fourth-order valence-electron chi connectivity index (χ4n) is 1.30. The molecule has 1 aromatic carbocycles. The van der Waals surface area contributed by atoms with Gasteiger partial charge in [0.05, 0.1) is 6.21 Å². The van der Waals surface area contributed by atoms with Gasteiger partial charge in [0.2, 0.25) is 0 Å². The van der Waals surface area contributed by atoms with E-state index in [-0.39, 0.29) is 6.54 Å². The van der Waals surface area contributed by atoms with Gasteiger partial charge in [0.1, 0.15) is 0 Å². The molecule has 0 bridgehead atoms. The minimum absolute atomic E-state index is 0.244. The number of amides is 2. The van der Waals surface area contributed by atoms with E-state index in [0.717, 1.165) is 12.0 Å². The van der Waals surface area contributed by atoms with E-state index >= 15 is 0 Å². The van der Waals surface area contributed by atoms with Crippen LogP contribution < -0.4 is 10.7 Å². The van der Waals surface area contributed by atoms with Crippen molar-refractivity contribution in [2.75, 3.05) is 6.54 Å². The molecule has 2 N–H and O–H groups in total. The summed E-state index contributed by atoms with van der Waals surface area (Å²) in [6.45, 7) is 5.75. The van der Waals surface area contributed by atoms with Crippen LogP contribution in [-0.4, -0.2) is 24.6 Å². The van der Waals surface area contributed by atoms with Crippen LogP contribution in [0.25, 0.3) is 0 Å². The van der Waals surface area contributed by atoms with Gasteiger partial charge in [-0.25, -0.2) is 5.43 Å². The van der Waals surface area contributed by atoms with Crippen molar-refractivity contribution in [2.45, 2.75) is 13.3 Å². The van der Waals surface area contributed by atoms with Crippen LogP contribution in [0.4, 0.5) is 0 Å². The molecule has 1 rings (SSSR count). The van der Waals surface area contributed by atoms with E-state index in [1.165, 1.54) is 17.9 Å². The topological polar surface area (TPSA) is 70.6 Å². The van der Waals surface area contributed by atoms with Crippen molar-refractivity contribution in [3.05, 3.63) is 48.0 Å². The molecule has 0 radical (unpaired) electrons. The molecule has 0 fully saturated rings. The lowest BCUT2D eigenvalue weighted by molar-refractivity contribution is -0.139. The van der Waals surface area contributed by atoms with Gasteiger partial charge in [0.15, 0.2) is 0 Å². The SMILES string of the molecule is C=CCNC(=O)C(=O)N/N=C\c1ccc(CC)cc1. The maximum absolute atomic E-state index is 11.3. The molecule has 0 aliphatic carbocycles. The zero-order valence-corrected chi connectivity index (χ0v) is 10.8. The molecule has 5 heteroatoms. The Kier molecular flexibility index (Phi) is 6.02. The van der Waals surface area contributed by atoms with Gasteiger partial charge in [-0.05, 0) is 17.5 Å². The molecule has 2 amide bonds. The largest absolute Gasteiger partial charge is 0.344 e. The average molecular weight is 259 g/mol. The summed E-state index contributed by atoms with van der Waals surface area (Å²) in [7, 11) is 0. The summed E-state index contributed by atoms with van der Waals surface area (Å²) in [6, 6.07) is 7.76. The number of carbonyl (C=O) groups excluding carboxylic acids is 2. The van der Waals surface area contributed by atoms with Gasteiger partial charge in [-0.2, -0.15) is 5.10 Å². The van der Waals surface area contributed by atoms with Crippen molar-refractivity contribution in [3.63, 3.8) is 0 Å². The first-order valence-corrected chi connectivity index (χ1v) is 5.98. The number of nitrogens with zero attached hydrogens (tertiary/aromatic N) is 1. The van der Waals surface area contributed by atoms with Gasteiger partial charge in [-0.3, -0.25) is 9.59 Å². The van der Waals surface area contributed by atoms with Crippen LogP contribution in [0.5, 0.6) is 0 Å². The molecule has 0 aliphatic rings. The quantitative estimate of drug-likeness (QED) is 0.358. The first kappa shape index (κ1) is 14.6. The summed E-state index contributed by atoms with van der Waals surface area (Å²) >= 11 is 0.